The standard InChI is InChI=1S/C17H26N2O/c1-17(2)11-10-15(13-17)19-16(20)18-12-6-9-14-7-4-3-5-8-14/h3-5,7-8,15H,6,9-13H2,1-2H3,(H2,18,19,20). The van der Waals surface area contributed by atoms with E-state index in [4.69, 9.17) is 0 Å². The lowest BCUT2D eigenvalue weighted by atomic mass is 9.92. The zero-order chi connectivity index (χ0) is 14.4. The number of nitrogens with one attached hydrogen (secondary N) is 2. The van der Waals surface area contributed by atoms with Crippen molar-refractivity contribution in [2.24, 2.45) is 5.41 Å². The molecule has 0 aromatic heterocycles. The lowest BCUT2D eigenvalue weighted by molar-refractivity contribution is 0.236. The van der Waals surface area contributed by atoms with Crippen LogP contribution < -0.4 is 10.6 Å². The molecule has 1 aliphatic rings. The van der Waals surface area contributed by atoms with Gasteiger partial charge in [-0.1, -0.05) is 44.2 Å². The second-order valence-electron chi connectivity index (χ2n) is 6.59. The highest BCUT2D eigenvalue weighted by molar-refractivity contribution is 5.74. The molecule has 1 aromatic rings. The van der Waals surface area contributed by atoms with Crippen LogP contribution in [0.25, 0.3) is 0 Å². The monoisotopic (exact) mass is 274 g/mol. The Hall–Kier alpha value is -1.51. The van der Waals surface area contributed by atoms with Gasteiger partial charge in [-0.05, 0) is 43.1 Å². The molecule has 2 amide bonds. The van der Waals surface area contributed by atoms with Gasteiger partial charge < -0.3 is 10.6 Å². The van der Waals surface area contributed by atoms with Gasteiger partial charge in [0.15, 0.2) is 0 Å². The maximum atomic E-state index is 11.8. The highest BCUT2D eigenvalue weighted by Crippen LogP contribution is 2.36. The predicted octanol–water partition coefficient (Wildman–Crippen LogP) is 3.50. The van der Waals surface area contributed by atoms with Gasteiger partial charge in [0.05, 0.1) is 0 Å². The van der Waals surface area contributed by atoms with Crippen molar-refractivity contribution in [1.29, 1.82) is 0 Å². The summed E-state index contributed by atoms with van der Waals surface area (Å²) in [6.45, 7) is 5.27. The smallest absolute Gasteiger partial charge is 0.315 e. The quantitative estimate of drug-likeness (QED) is 0.793. The van der Waals surface area contributed by atoms with Crippen molar-refractivity contribution in [2.75, 3.05) is 6.54 Å². The molecule has 2 rings (SSSR count). The van der Waals surface area contributed by atoms with Crippen molar-refractivity contribution in [3.63, 3.8) is 0 Å². The summed E-state index contributed by atoms with van der Waals surface area (Å²) in [6.07, 6.45) is 5.38. The number of benzene rings is 1. The van der Waals surface area contributed by atoms with Gasteiger partial charge in [0, 0.05) is 12.6 Å². The van der Waals surface area contributed by atoms with Crippen LogP contribution in [-0.2, 0) is 6.42 Å². The minimum atomic E-state index is -0.0132. The number of rotatable bonds is 5. The molecule has 1 unspecified atom stereocenters. The van der Waals surface area contributed by atoms with E-state index in [1.807, 2.05) is 6.07 Å². The summed E-state index contributed by atoms with van der Waals surface area (Å²) >= 11 is 0. The molecule has 1 saturated carbocycles. The Morgan fingerprint density at radius 3 is 2.70 bits per heavy atom. The first kappa shape index (κ1) is 14.9. The fourth-order valence-corrected chi connectivity index (χ4v) is 2.93. The summed E-state index contributed by atoms with van der Waals surface area (Å²) < 4.78 is 0. The minimum Gasteiger partial charge on any atom is -0.338 e. The van der Waals surface area contributed by atoms with Gasteiger partial charge in [0.1, 0.15) is 0 Å². The van der Waals surface area contributed by atoms with E-state index < -0.39 is 0 Å². The molecular formula is C17H26N2O. The Bertz CT molecular complexity index is 428. The predicted molar refractivity (Wildman–Crippen MR) is 82.7 cm³/mol. The molecular weight excluding hydrogens is 248 g/mol. The molecule has 1 aromatic carbocycles. The van der Waals surface area contributed by atoms with Crippen LogP contribution >= 0.6 is 0 Å². The normalized spacial score (nSPS) is 20.6. The Labute approximate surface area is 122 Å². The van der Waals surface area contributed by atoms with Crippen molar-refractivity contribution in [3.05, 3.63) is 35.9 Å². The van der Waals surface area contributed by atoms with E-state index in [1.165, 1.54) is 12.0 Å². The third-order valence-electron chi connectivity index (χ3n) is 4.07. The van der Waals surface area contributed by atoms with Crippen LogP contribution in [0.3, 0.4) is 0 Å². The SMILES string of the molecule is CC1(C)CCC(NC(=O)NCCCc2ccccc2)C1. The molecule has 0 saturated heterocycles. The van der Waals surface area contributed by atoms with Crippen LogP contribution in [0, 0.1) is 5.41 Å². The molecule has 3 heteroatoms. The fraction of sp³-hybridized carbons (Fsp3) is 0.588. The summed E-state index contributed by atoms with van der Waals surface area (Å²) in [6, 6.07) is 10.7. The van der Waals surface area contributed by atoms with E-state index >= 15 is 0 Å². The summed E-state index contributed by atoms with van der Waals surface area (Å²) in [7, 11) is 0. The molecule has 3 nitrogen and oxygen atoms in total. The number of amides is 2. The van der Waals surface area contributed by atoms with Crippen LogP contribution in [0.2, 0.25) is 0 Å². The number of urea groups is 1. The average Bonchev–Trinajstić information content (AvgIpc) is 2.75. The third kappa shape index (κ3) is 4.87. The van der Waals surface area contributed by atoms with Gasteiger partial charge in [-0.2, -0.15) is 0 Å². The largest absolute Gasteiger partial charge is 0.338 e. The minimum absolute atomic E-state index is 0.0132. The first-order valence-corrected chi connectivity index (χ1v) is 7.63. The Morgan fingerprint density at radius 2 is 2.05 bits per heavy atom. The van der Waals surface area contributed by atoms with Crippen LogP contribution in [-0.4, -0.2) is 18.6 Å². The maximum absolute atomic E-state index is 11.8. The zero-order valence-electron chi connectivity index (χ0n) is 12.6. The molecule has 0 radical (unpaired) electrons. The van der Waals surface area contributed by atoms with E-state index in [1.54, 1.807) is 0 Å². The number of aryl methyl sites for hydroxylation is 1. The highest BCUT2D eigenvalue weighted by atomic mass is 16.2. The van der Waals surface area contributed by atoms with Crippen molar-refractivity contribution in [3.8, 4) is 0 Å². The fourth-order valence-electron chi connectivity index (χ4n) is 2.93. The number of carbonyl (C=O) groups excluding carboxylic acids is 1. The number of carbonyl (C=O) groups is 1. The third-order valence-corrected chi connectivity index (χ3v) is 4.07. The summed E-state index contributed by atoms with van der Waals surface area (Å²) in [4.78, 5) is 11.8. The molecule has 0 bridgehead atoms. The van der Waals surface area contributed by atoms with Crippen LogP contribution in [0.5, 0.6) is 0 Å². The molecule has 0 heterocycles. The lowest BCUT2D eigenvalue weighted by Crippen LogP contribution is -2.41. The van der Waals surface area contributed by atoms with Crippen molar-refractivity contribution in [2.45, 2.75) is 52.0 Å². The van der Waals surface area contributed by atoms with E-state index in [-0.39, 0.29) is 6.03 Å². The summed E-state index contributed by atoms with van der Waals surface area (Å²) in [5.41, 5.74) is 1.71. The number of hydrogen-bond acceptors (Lipinski definition) is 1. The van der Waals surface area contributed by atoms with Gasteiger partial charge >= 0.3 is 6.03 Å². The summed E-state index contributed by atoms with van der Waals surface area (Å²) in [5.74, 6) is 0. The van der Waals surface area contributed by atoms with Crippen LogP contribution in [0.4, 0.5) is 4.79 Å². The topological polar surface area (TPSA) is 41.1 Å². The molecule has 1 fully saturated rings. The van der Waals surface area contributed by atoms with Crippen molar-refractivity contribution in [1.82, 2.24) is 10.6 Å². The van der Waals surface area contributed by atoms with Gasteiger partial charge in [-0.3, -0.25) is 0 Å². The van der Waals surface area contributed by atoms with Gasteiger partial charge in [-0.25, -0.2) is 4.79 Å². The van der Waals surface area contributed by atoms with Crippen molar-refractivity contribution < 1.29 is 4.79 Å². The molecule has 0 spiro atoms. The van der Waals surface area contributed by atoms with Crippen molar-refractivity contribution >= 4 is 6.03 Å². The first-order chi connectivity index (χ1) is 9.55. The molecule has 0 aliphatic heterocycles. The molecule has 110 valence electrons. The second-order valence-corrected chi connectivity index (χ2v) is 6.59. The van der Waals surface area contributed by atoms with Crippen LogP contribution in [0.1, 0.15) is 45.1 Å². The number of hydrogen-bond donors (Lipinski definition) is 2. The van der Waals surface area contributed by atoms with E-state index in [0.717, 1.165) is 32.2 Å². The first-order valence-electron chi connectivity index (χ1n) is 7.63. The van der Waals surface area contributed by atoms with E-state index in [0.29, 0.717) is 11.5 Å². The second kappa shape index (κ2) is 6.78. The molecule has 1 aliphatic carbocycles. The van der Waals surface area contributed by atoms with Gasteiger partial charge in [0.2, 0.25) is 0 Å². The molecule has 20 heavy (non-hydrogen) atoms. The van der Waals surface area contributed by atoms with E-state index in [2.05, 4.69) is 48.7 Å². The zero-order valence-corrected chi connectivity index (χ0v) is 12.6. The Kier molecular flexibility index (Phi) is 5.05. The maximum Gasteiger partial charge on any atom is 0.315 e. The molecule has 2 N–H and O–H groups in total. The van der Waals surface area contributed by atoms with Gasteiger partial charge in [0.25, 0.3) is 0 Å². The highest BCUT2D eigenvalue weighted by Gasteiger charge is 2.31. The summed E-state index contributed by atoms with van der Waals surface area (Å²) in [5, 5.41) is 6.04. The van der Waals surface area contributed by atoms with Gasteiger partial charge in [-0.15, -0.1) is 0 Å². The lowest BCUT2D eigenvalue weighted by Gasteiger charge is -2.18. The van der Waals surface area contributed by atoms with Crippen LogP contribution in [0.15, 0.2) is 30.3 Å². The Morgan fingerprint density at radius 1 is 1.30 bits per heavy atom. The molecule has 1 atom stereocenters. The Balaban J connectivity index is 1.59. The average molecular weight is 274 g/mol. The van der Waals surface area contributed by atoms with E-state index in [9.17, 15) is 4.79 Å².